The summed E-state index contributed by atoms with van der Waals surface area (Å²) in [6.07, 6.45) is -0.00376. The summed E-state index contributed by atoms with van der Waals surface area (Å²) in [6, 6.07) is 9.90. The van der Waals surface area contributed by atoms with Crippen LogP contribution >= 0.6 is 0 Å². The standard InChI is InChI=1S/C12H14O4/c13-12-14-7-6-11(9-16-12)15-8-10-4-2-1-3-5-10/h1-5,11H,6-9H2. The number of carbonyl (C=O) groups excluding carboxylic acids is 1. The minimum atomic E-state index is -0.606. The number of hydrogen-bond donors (Lipinski definition) is 0. The van der Waals surface area contributed by atoms with Gasteiger partial charge in [0.15, 0.2) is 0 Å². The van der Waals surface area contributed by atoms with Crippen molar-refractivity contribution in [2.75, 3.05) is 13.2 Å². The molecule has 1 aromatic carbocycles. The van der Waals surface area contributed by atoms with E-state index < -0.39 is 6.16 Å². The highest BCUT2D eigenvalue weighted by molar-refractivity contribution is 5.60. The molecule has 4 nitrogen and oxygen atoms in total. The molecule has 86 valence electrons. The van der Waals surface area contributed by atoms with Crippen LogP contribution in [0.3, 0.4) is 0 Å². The number of rotatable bonds is 3. The number of ether oxygens (including phenoxy) is 3. The van der Waals surface area contributed by atoms with E-state index >= 15 is 0 Å². The van der Waals surface area contributed by atoms with Crippen molar-refractivity contribution in [2.24, 2.45) is 0 Å². The lowest BCUT2D eigenvalue weighted by molar-refractivity contribution is -0.000150. The molecule has 0 aromatic heterocycles. The molecule has 2 rings (SSSR count). The summed E-state index contributed by atoms with van der Waals surface area (Å²) in [5.41, 5.74) is 1.11. The second kappa shape index (κ2) is 5.51. The number of cyclic esters (lactones) is 2. The van der Waals surface area contributed by atoms with Gasteiger partial charge in [-0.25, -0.2) is 4.79 Å². The van der Waals surface area contributed by atoms with Crippen LogP contribution in [0.5, 0.6) is 0 Å². The van der Waals surface area contributed by atoms with Gasteiger partial charge >= 0.3 is 6.16 Å². The monoisotopic (exact) mass is 222 g/mol. The molecular weight excluding hydrogens is 208 g/mol. The molecule has 1 unspecified atom stereocenters. The van der Waals surface area contributed by atoms with E-state index in [4.69, 9.17) is 14.2 Å². The Bertz CT molecular complexity index is 336. The van der Waals surface area contributed by atoms with Crippen LogP contribution in [0.1, 0.15) is 12.0 Å². The fourth-order valence-corrected chi connectivity index (χ4v) is 1.48. The average Bonchev–Trinajstić information content (AvgIpc) is 2.53. The SMILES string of the molecule is O=C1OCCC(OCc2ccccc2)CO1. The normalized spacial score (nSPS) is 20.8. The van der Waals surface area contributed by atoms with Crippen LogP contribution in [0.2, 0.25) is 0 Å². The van der Waals surface area contributed by atoms with Gasteiger partial charge in [0, 0.05) is 6.42 Å². The van der Waals surface area contributed by atoms with Crippen molar-refractivity contribution >= 4 is 6.16 Å². The Morgan fingerprint density at radius 2 is 2.06 bits per heavy atom. The summed E-state index contributed by atoms with van der Waals surface area (Å²) in [5, 5.41) is 0. The van der Waals surface area contributed by atoms with Gasteiger partial charge in [-0.15, -0.1) is 0 Å². The third-order valence-electron chi connectivity index (χ3n) is 2.38. The van der Waals surface area contributed by atoms with Crippen LogP contribution in [0, 0.1) is 0 Å². The second-order valence-electron chi connectivity index (χ2n) is 3.62. The van der Waals surface area contributed by atoms with Crippen molar-refractivity contribution < 1.29 is 19.0 Å². The van der Waals surface area contributed by atoms with Gasteiger partial charge in [-0.2, -0.15) is 0 Å². The Kier molecular flexibility index (Phi) is 3.77. The van der Waals surface area contributed by atoms with Crippen molar-refractivity contribution in [3.8, 4) is 0 Å². The topological polar surface area (TPSA) is 44.8 Å². The van der Waals surface area contributed by atoms with E-state index in [0.717, 1.165) is 5.56 Å². The first-order valence-electron chi connectivity index (χ1n) is 5.29. The first kappa shape index (κ1) is 11.0. The van der Waals surface area contributed by atoms with Crippen LogP contribution in [0.25, 0.3) is 0 Å². The third-order valence-corrected chi connectivity index (χ3v) is 2.38. The van der Waals surface area contributed by atoms with Gasteiger partial charge in [0.25, 0.3) is 0 Å². The largest absolute Gasteiger partial charge is 0.508 e. The molecule has 16 heavy (non-hydrogen) atoms. The Hall–Kier alpha value is -1.55. The molecule has 0 spiro atoms. The highest BCUT2D eigenvalue weighted by Gasteiger charge is 2.18. The minimum absolute atomic E-state index is 0.0772. The lowest BCUT2D eigenvalue weighted by atomic mass is 10.2. The molecule has 1 fully saturated rings. The lowest BCUT2D eigenvalue weighted by Gasteiger charge is -2.13. The molecule has 0 radical (unpaired) electrons. The molecule has 1 aliphatic heterocycles. The van der Waals surface area contributed by atoms with E-state index in [1.165, 1.54) is 0 Å². The molecule has 0 amide bonds. The molecule has 0 saturated carbocycles. The lowest BCUT2D eigenvalue weighted by Crippen LogP contribution is -2.19. The van der Waals surface area contributed by atoms with Gasteiger partial charge < -0.3 is 14.2 Å². The predicted octanol–water partition coefficient (Wildman–Crippen LogP) is 2.13. The van der Waals surface area contributed by atoms with Crippen LogP contribution in [-0.2, 0) is 20.8 Å². The molecule has 0 N–H and O–H groups in total. The average molecular weight is 222 g/mol. The van der Waals surface area contributed by atoms with E-state index in [9.17, 15) is 4.79 Å². The van der Waals surface area contributed by atoms with E-state index in [0.29, 0.717) is 19.6 Å². The maximum absolute atomic E-state index is 10.8. The van der Waals surface area contributed by atoms with E-state index in [-0.39, 0.29) is 12.7 Å². The summed E-state index contributed by atoms with van der Waals surface area (Å²) in [7, 11) is 0. The predicted molar refractivity (Wildman–Crippen MR) is 56.9 cm³/mol. The Labute approximate surface area is 94.1 Å². The van der Waals surface area contributed by atoms with E-state index in [1.54, 1.807) is 0 Å². The molecule has 0 bridgehead atoms. The van der Waals surface area contributed by atoms with E-state index in [1.807, 2.05) is 30.3 Å². The van der Waals surface area contributed by atoms with Crippen molar-refractivity contribution in [3.05, 3.63) is 35.9 Å². The van der Waals surface area contributed by atoms with Crippen molar-refractivity contribution in [1.29, 1.82) is 0 Å². The zero-order valence-electron chi connectivity index (χ0n) is 8.93. The van der Waals surface area contributed by atoms with Crippen molar-refractivity contribution in [1.82, 2.24) is 0 Å². The van der Waals surface area contributed by atoms with Gasteiger partial charge in [-0.1, -0.05) is 30.3 Å². The molecule has 1 aromatic rings. The summed E-state index contributed by atoms with van der Waals surface area (Å²) in [5.74, 6) is 0. The van der Waals surface area contributed by atoms with Crippen LogP contribution in [0.15, 0.2) is 30.3 Å². The fraction of sp³-hybridized carbons (Fsp3) is 0.417. The smallest absolute Gasteiger partial charge is 0.434 e. The minimum Gasteiger partial charge on any atom is -0.434 e. The summed E-state index contributed by atoms with van der Waals surface area (Å²) in [4.78, 5) is 10.8. The zero-order valence-corrected chi connectivity index (χ0v) is 8.93. The number of hydrogen-bond acceptors (Lipinski definition) is 4. The third kappa shape index (κ3) is 3.24. The number of carbonyl (C=O) groups is 1. The molecular formula is C12H14O4. The molecule has 1 aliphatic rings. The van der Waals surface area contributed by atoms with Gasteiger partial charge in [-0.3, -0.25) is 0 Å². The second-order valence-corrected chi connectivity index (χ2v) is 3.62. The summed E-state index contributed by atoms with van der Waals surface area (Å²) >= 11 is 0. The quantitative estimate of drug-likeness (QED) is 0.735. The number of benzene rings is 1. The Morgan fingerprint density at radius 3 is 2.88 bits per heavy atom. The van der Waals surface area contributed by atoms with Gasteiger partial charge in [0.05, 0.1) is 19.3 Å². The highest BCUT2D eigenvalue weighted by Crippen LogP contribution is 2.09. The Morgan fingerprint density at radius 1 is 1.25 bits per heavy atom. The molecule has 1 heterocycles. The summed E-state index contributed by atoms with van der Waals surface area (Å²) < 4.78 is 15.2. The maximum Gasteiger partial charge on any atom is 0.508 e. The highest BCUT2D eigenvalue weighted by atomic mass is 16.7. The van der Waals surface area contributed by atoms with Crippen LogP contribution in [0.4, 0.5) is 4.79 Å². The molecule has 0 aliphatic carbocycles. The van der Waals surface area contributed by atoms with Crippen molar-refractivity contribution in [2.45, 2.75) is 19.1 Å². The summed E-state index contributed by atoms with van der Waals surface area (Å²) in [6.45, 7) is 1.16. The van der Waals surface area contributed by atoms with Gasteiger partial charge in [0.1, 0.15) is 6.61 Å². The first-order chi connectivity index (χ1) is 7.84. The first-order valence-corrected chi connectivity index (χ1v) is 5.29. The zero-order chi connectivity index (χ0) is 11.2. The maximum atomic E-state index is 10.8. The molecule has 1 atom stereocenters. The Balaban J connectivity index is 1.79. The molecule has 1 saturated heterocycles. The van der Waals surface area contributed by atoms with Gasteiger partial charge in [0.2, 0.25) is 0 Å². The van der Waals surface area contributed by atoms with Gasteiger partial charge in [-0.05, 0) is 5.56 Å². The van der Waals surface area contributed by atoms with Crippen LogP contribution in [-0.4, -0.2) is 25.5 Å². The fourth-order valence-electron chi connectivity index (χ4n) is 1.48. The van der Waals surface area contributed by atoms with Crippen molar-refractivity contribution in [3.63, 3.8) is 0 Å². The van der Waals surface area contributed by atoms with E-state index in [2.05, 4.69) is 0 Å². The van der Waals surface area contributed by atoms with Crippen LogP contribution < -0.4 is 0 Å². The molecule has 4 heteroatoms.